The van der Waals surface area contributed by atoms with Crippen LogP contribution in [0.25, 0.3) is 0 Å². The average Bonchev–Trinajstić information content (AvgIpc) is 1.64. The molecule has 3 atom stereocenters. The van der Waals surface area contributed by atoms with Crippen molar-refractivity contribution in [1.82, 2.24) is 0 Å². The molecule has 34 heteroatoms. The normalized spacial score (nSPS) is 16.4. The number of hydrogen-bond acceptors (Lipinski definition) is 12. The summed E-state index contributed by atoms with van der Waals surface area (Å²) in [5.41, 5.74) is 2.75. The lowest BCUT2D eigenvalue weighted by Gasteiger charge is -2.13. The molecular formula is C86H90B6Cl4F12O12. The maximum Gasteiger partial charge on any atom is 0.632 e. The fraction of sp³-hybridized carbons (Fsp3) is 0.372. The molecule has 636 valence electrons. The van der Waals surface area contributed by atoms with Crippen LogP contribution in [0.4, 0.5) is 52.7 Å². The Hall–Kier alpha value is -7.75. The first-order valence-electron chi connectivity index (χ1n) is 39.8. The van der Waals surface area contributed by atoms with Gasteiger partial charge in [-0.05, 0) is 173 Å². The van der Waals surface area contributed by atoms with Crippen molar-refractivity contribution in [3.8, 4) is 34.5 Å². The van der Waals surface area contributed by atoms with Gasteiger partial charge in [0.25, 0.3) is 0 Å². The second-order valence-corrected chi connectivity index (χ2v) is 31.5. The first-order valence-corrected chi connectivity index (χ1v) is 41.3. The molecule has 9 aromatic carbocycles. The van der Waals surface area contributed by atoms with Crippen molar-refractivity contribution >= 4 is 122 Å². The van der Waals surface area contributed by atoms with E-state index in [-0.39, 0.29) is 25.4 Å². The highest BCUT2D eigenvalue weighted by Crippen LogP contribution is 2.39. The summed E-state index contributed by atoms with van der Waals surface area (Å²) in [4.78, 5) is 0. The zero-order valence-corrected chi connectivity index (χ0v) is 70.2. The first-order chi connectivity index (χ1) is 57.1. The predicted molar refractivity (Wildman–Crippen MR) is 452 cm³/mol. The SMILES string of the molecule is CCCCCCC1COB(c2cc(C)cc(C(F)(F)F)c2)O1.CCCCCCC1COB(c2cc(C)cc(C(F)(F)F)c2)O1.CCCCCCC1COB(c2cc(Cl)cc(Cl)c2)O1.Cc1cc(B2Oc3ccccc3O2)cc(C(F)(F)F)c1.Cc1cc(B2Oc3ccccc3O2)cc(C(F)(F)F)c1.Clc1cc(Cl)cc(B2Oc3ccccc3O2)c1. The molecule has 3 fully saturated rings. The molecular weight excluding hydrogens is 1660 g/mol. The molecule has 0 saturated carbocycles. The zero-order chi connectivity index (χ0) is 86.5. The van der Waals surface area contributed by atoms with Gasteiger partial charge in [-0.2, -0.15) is 52.7 Å². The van der Waals surface area contributed by atoms with Crippen LogP contribution in [-0.4, -0.2) is 80.8 Å². The minimum atomic E-state index is -4.38. The lowest BCUT2D eigenvalue weighted by Crippen LogP contribution is -2.39. The van der Waals surface area contributed by atoms with Crippen molar-refractivity contribution in [3.63, 3.8) is 0 Å². The van der Waals surface area contributed by atoms with E-state index in [0.717, 1.165) is 116 Å². The van der Waals surface area contributed by atoms with E-state index in [9.17, 15) is 52.7 Å². The molecule has 0 radical (unpaired) electrons. The molecule has 6 aliphatic rings. The molecule has 3 unspecified atom stereocenters. The van der Waals surface area contributed by atoms with E-state index >= 15 is 0 Å². The molecule has 9 aromatic rings. The zero-order valence-electron chi connectivity index (χ0n) is 67.2. The van der Waals surface area contributed by atoms with Crippen LogP contribution < -0.4 is 60.7 Å². The molecule has 0 aromatic heterocycles. The quantitative estimate of drug-likeness (QED) is 0.0388. The molecule has 0 amide bonds. The van der Waals surface area contributed by atoms with Crippen LogP contribution in [-0.2, 0) is 52.6 Å². The monoisotopic (exact) mass is 1750 g/mol. The summed E-state index contributed by atoms with van der Waals surface area (Å²) in [7, 11) is -3.85. The maximum absolute atomic E-state index is 12.9. The van der Waals surface area contributed by atoms with E-state index in [1.54, 1.807) is 125 Å². The number of unbranched alkanes of at least 4 members (excludes halogenated alkanes) is 9. The molecule has 6 aliphatic heterocycles. The lowest BCUT2D eigenvalue weighted by atomic mass is 9.77. The third-order valence-electron chi connectivity index (χ3n) is 19.4. The van der Waals surface area contributed by atoms with Crippen molar-refractivity contribution in [2.45, 2.75) is 188 Å². The molecule has 12 nitrogen and oxygen atoms in total. The first kappa shape index (κ1) is 94.5. The van der Waals surface area contributed by atoms with E-state index in [0.29, 0.717) is 107 Å². The van der Waals surface area contributed by atoms with Gasteiger partial charge in [-0.3, -0.25) is 0 Å². The summed E-state index contributed by atoms with van der Waals surface area (Å²) < 4.78 is 222. The Morgan fingerprint density at radius 3 is 0.700 bits per heavy atom. The van der Waals surface area contributed by atoms with E-state index in [4.69, 9.17) is 102 Å². The van der Waals surface area contributed by atoms with Gasteiger partial charge in [-0.15, -0.1) is 0 Å². The van der Waals surface area contributed by atoms with Crippen LogP contribution in [0, 0.1) is 27.7 Å². The molecule has 0 spiro atoms. The van der Waals surface area contributed by atoms with Crippen molar-refractivity contribution in [2.75, 3.05) is 19.8 Å². The Labute approximate surface area is 714 Å². The van der Waals surface area contributed by atoms with Crippen LogP contribution >= 0.6 is 46.4 Å². The van der Waals surface area contributed by atoms with Gasteiger partial charge in [0.05, 0.1) is 60.4 Å². The highest BCUT2D eigenvalue weighted by molar-refractivity contribution is 6.66. The van der Waals surface area contributed by atoms with E-state index < -0.39 is 82.6 Å². The van der Waals surface area contributed by atoms with Gasteiger partial charge in [0.15, 0.2) is 0 Å². The highest BCUT2D eigenvalue weighted by atomic mass is 35.5. The number of fused-ring (bicyclic) bond motifs is 3. The fourth-order valence-electron chi connectivity index (χ4n) is 13.7. The third-order valence-corrected chi connectivity index (χ3v) is 20.3. The van der Waals surface area contributed by atoms with Crippen LogP contribution in [0.15, 0.2) is 182 Å². The average molecular weight is 1750 g/mol. The molecule has 120 heavy (non-hydrogen) atoms. The standard InChI is InChI=1S/2C16H22BF3O2.C14H19BCl2O2.2C14H10BF3O2.C12H7BCl2O2/c2*1-3-4-5-6-7-15-11-21-17(22-15)14-9-12(2)8-13(10-14)16(18,19)20;1-2-3-4-5-6-14-10-18-15(19-14)11-7-12(16)9-13(17)8-11;2*1-9-6-10(14(16,17)18)8-11(7-9)15-19-12-4-2-3-5-13(12)20-15;14-9-5-8(6-10(15)7-9)13-16-11-3-1-2-4-12(11)17-13/h2*8-10,15H,3-7,11H2,1-2H3;7-9,14H,2-6,10H2,1H3;2*2-8H,1H3;1-7H. The van der Waals surface area contributed by atoms with E-state index in [1.165, 1.54) is 51.4 Å². The number of aryl methyl sites for hydroxylation is 4. The molecule has 15 rings (SSSR count). The van der Waals surface area contributed by atoms with Gasteiger partial charge in [0.1, 0.15) is 34.5 Å². The Balaban J connectivity index is 0.000000152. The van der Waals surface area contributed by atoms with E-state index in [2.05, 4.69) is 20.8 Å². The Morgan fingerprint density at radius 2 is 0.483 bits per heavy atom. The van der Waals surface area contributed by atoms with Crippen LogP contribution in [0.1, 0.15) is 162 Å². The number of rotatable bonds is 21. The van der Waals surface area contributed by atoms with Crippen LogP contribution in [0.5, 0.6) is 34.5 Å². The number of alkyl halides is 12. The Bertz CT molecular complexity index is 4490. The van der Waals surface area contributed by atoms with Gasteiger partial charge in [0, 0.05) is 36.5 Å². The van der Waals surface area contributed by atoms with Gasteiger partial charge >= 0.3 is 67.4 Å². The topological polar surface area (TPSA) is 111 Å². The number of halogens is 16. The summed E-state index contributed by atoms with van der Waals surface area (Å²) in [6, 6.07) is 47.6. The van der Waals surface area contributed by atoms with Crippen molar-refractivity contribution in [1.29, 1.82) is 0 Å². The maximum atomic E-state index is 12.9. The largest absolute Gasteiger partial charge is 0.632 e. The molecule has 6 heterocycles. The van der Waals surface area contributed by atoms with Gasteiger partial charge in [0.2, 0.25) is 0 Å². The van der Waals surface area contributed by atoms with Gasteiger partial charge in [-0.25, -0.2) is 0 Å². The van der Waals surface area contributed by atoms with Crippen molar-refractivity contribution in [3.05, 3.63) is 247 Å². The van der Waals surface area contributed by atoms with Gasteiger partial charge in [-0.1, -0.05) is 239 Å². The molecule has 3 saturated heterocycles. The van der Waals surface area contributed by atoms with Crippen LogP contribution in [0.2, 0.25) is 20.1 Å². The Kier molecular flexibility index (Phi) is 34.7. The minimum absolute atomic E-state index is 0.0169. The third kappa shape index (κ3) is 28.7. The predicted octanol–water partition coefficient (Wildman–Crippen LogP) is 21.8. The summed E-state index contributed by atoms with van der Waals surface area (Å²) in [6.07, 6.45) is -0.241. The second-order valence-electron chi connectivity index (χ2n) is 29.8. The molecule has 0 N–H and O–H groups in total. The van der Waals surface area contributed by atoms with Crippen LogP contribution in [0.3, 0.4) is 0 Å². The highest BCUT2D eigenvalue weighted by Gasteiger charge is 2.43. The van der Waals surface area contributed by atoms with Gasteiger partial charge < -0.3 is 55.9 Å². The molecule has 0 aliphatic carbocycles. The minimum Gasteiger partial charge on any atom is -0.519 e. The fourth-order valence-corrected chi connectivity index (χ4v) is 14.8. The summed E-state index contributed by atoms with van der Waals surface area (Å²) in [6.45, 7) is 14.6. The molecule has 0 bridgehead atoms. The number of hydrogen-bond donors (Lipinski definition) is 0. The van der Waals surface area contributed by atoms with E-state index in [1.807, 2.05) is 36.4 Å². The van der Waals surface area contributed by atoms with Crippen molar-refractivity contribution < 1.29 is 109 Å². The summed E-state index contributed by atoms with van der Waals surface area (Å²) >= 11 is 23.9. The smallest absolute Gasteiger partial charge is 0.519 e. The number of para-hydroxylation sites is 6. The summed E-state index contributed by atoms with van der Waals surface area (Å²) in [5, 5.41) is 2.36. The van der Waals surface area contributed by atoms with Crippen molar-refractivity contribution in [2.24, 2.45) is 0 Å². The lowest BCUT2D eigenvalue weighted by molar-refractivity contribution is -0.138. The summed E-state index contributed by atoms with van der Waals surface area (Å²) in [5.74, 6) is 3.60. The second kappa shape index (κ2) is 44.0. The number of benzene rings is 9. The Morgan fingerprint density at radius 1 is 0.275 bits per heavy atom.